The summed E-state index contributed by atoms with van der Waals surface area (Å²) in [6.07, 6.45) is 0.0341. The molecule has 2 aromatic rings. The SMILES string of the molecule is CC(C)Oc1ccc(NC(=O)C(C)C(N)c2ccccc2)cc1Cl. The Bertz CT molecular complexity index is 689. The highest BCUT2D eigenvalue weighted by Crippen LogP contribution is 2.29. The maximum Gasteiger partial charge on any atom is 0.229 e. The molecule has 3 N–H and O–H groups in total. The number of halogens is 1. The summed E-state index contributed by atoms with van der Waals surface area (Å²) in [6, 6.07) is 14.4. The second-order valence-corrected chi connectivity index (χ2v) is 6.43. The molecule has 0 spiro atoms. The first-order valence-corrected chi connectivity index (χ1v) is 8.34. The van der Waals surface area contributed by atoms with Crippen molar-refractivity contribution in [1.29, 1.82) is 0 Å². The fourth-order valence-corrected chi connectivity index (χ4v) is 2.54. The third kappa shape index (κ3) is 4.73. The van der Waals surface area contributed by atoms with E-state index in [9.17, 15) is 4.79 Å². The van der Waals surface area contributed by atoms with E-state index < -0.39 is 0 Å². The van der Waals surface area contributed by atoms with E-state index in [1.807, 2.05) is 51.1 Å². The van der Waals surface area contributed by atoms with E-state index in [1.54, 1.807) is 18.2 Å². The van der Waals surface area contributed by atoms with Crippen molar-refractivity contribution in [2.75, 3.05) is 5.32 Å². The molecule has 0 aliphatic carbocycles. The van der Waals surface area contributed by atoms with Crippen LogP contribution in [0.4, 0.5) is 5.69 Å². The first-order chi connectivity index (χ1) is 11.4. The quantitative estimate of drug-likeness (QED) is 0.814. The van der Waals surface area contributed by atoms with Gasteiger partial charge in [0.2, 0.25) is 5.91 Å². The predicted octanol–water partition coefficient (Wildman–Crippen LogP) is 4.40. The van der Waals surface area contributed by atoms with Gasteiger partial charge in [0, 0.05) is 11.7 Å². The van der Waals surface area contributed by atoms with Gasteiger partial charge in [0.05, 0.1) is 17.0 Å². The van der Waals surface area contributed by atoms with Crippen LogP contribution in [0.25, 0.3) is 0 Å². The van der Waals surface area contributed by atoms with Crippen molar-refractivity contribution in [1.82, 2.24) is 0 Å². The van der Waals surface area contributed by atoms with Crippen LogP contribution in [-0.2, 0) is 4.79 Å². The number of rotatable bonds is 6. The van der Waals surface area contributed by atoms with E-state index in [-0.39, 0.29) is 24.0 Å². The third-order valence-electron chi connectivity index (χ3n) is 3.70. The van der Waals surface area contributed by atoms with Gasteiger partial charge < -0.3 is 15.8 Å². The molecule has 2 rings (SSSR count). The molecule has 5 heteroatoms. The minimum atomic E-state index is -0.377. The molecule has 0 radical (unpaired) electrons. The molecule has 0 saturated heterocycles. The van der Waals surface area contributed by atoms with Crippen LogP contribution >= 0.6 is 11.6 Å². The van der Waals surface area contributed by atoms with Crippen molar-refractivity contribution in [3.05, 3.63) is 59.1 Å². The molecule has 2 atom stereocenters. The molecular formula is C19H23ClN2O2. The van der Waals surface area contributed by atoms with Crippen LogP contribution in [0.3, 0.4) is 0 Å². The molecule has 4 nitrogen and oxygen atoms in total. The number of hydrogen-bond acceptors (Lipinski definition) is 3. The summed E-state index contributed by atoms with van der Waals surface area (Å²) in [7, 11) is 0. The Labute approximate surface area is 148 Å². The standard InChI is InChI=1S/C19H23ClN2O2/c1-12(2)24-17-10-9-15(11-16(17)20)22-19(23)13(3)18(21)14-7-5-4-6-8-14/h4-13,18H,21H2,1-3H3,(H,22,23). The summed E-state index contributed by atoms with van der Waals surface area (Å²) in [5.41, 5.74) is 7.74. The minimum Gasteiger partial charge on any atom is -0.489 e. The van der Waals surface area contributed by atoms with Gasteiger partial charge in [-0.2, -0.15) is 0 Å². The number of nitrogens with one attached hydrogen (secondary N) is 1. The van der Waals surface area contributed by atoms with E-state index in [4.69, 9.17) is 22.1 Å². The molecule has 0 bridgehead atoms. The first-order valence-electron chi connectivity index (χ1n) is 7.96. The van der Waals surface area contributed by atoms with Gasteiger partial charge in [0.15, 0.2) is 0 Å². The molecule has 0 fully saturated rings. The van der Waals surface area contributed by atoms with E-state index in [2.05, 4.69) is 5.32 Å². The predicted molar refractivity (Wildman–Crippen MR) is 98.4 cm³/mol. The Morgan fingerprint density at radius 2 is 1.79 bits per heavy atom. The fraction of sp³-hybridized carbons (Fsp3) is 0.316. The van der Waals surface area contributed by atoms with Gasteiger partial charge in [0.1, 0.15) is 5.75 Å². The average Bonchev–Trinajstić information content (AvgIpc) is 2.56. The molecule has 128 valence electrons. The smallest absolute Gasteiger partial charge is 0.229 e. The van der Waals surface area contributed by atoms with Crippen LogP contribution in [-0.4, -0.2) is 12.0 Å². The monoisotopic (exact) mass is 346 g/mol. The van der Waals surface area contributed by atoms with E-state index in [1.165, 1.54) is 0 Å². The summed E-state index contributed by atoms with van der Waals surface area (Å²) in [4.78, 5) is 12.4. The molecule has 24 heavy (non-hydrogen) atoms. The maximum atomic E-state index is 12.4. The van der Waals surface area contributed by atoms with Crippen molar-refractivity contribution in [2.24, 2.45) is 11.7 Å². The number of carbonyl (C=O) groups is 1. The van der Waals surface area contributed by atoms with Crippen molar-refractivity contribution >= 4 is 23.2 Å². The molecule has 0 aliphatic rings. The Kier molecular flexibility index (Phi) is 6.23. The normalized spacial score (nSPS) is 13.4. The minimum absolute atomic E-state index is 0.0341. The fourth-order valence-electron chi connectivity index (χ4n) is 2.31. The van der Waals surface area contributed by atoms with Crippen molar-refractivity contribution in [3.8, 4) is 5.75 Å². The summed E-state index contributed by atoms with van der Waals surface area (Å²) >= 11 is 6.19. The maximum absolute atomic E-state index is 12.4. The molecule has 1 amide bonds. The summed E-state index contributed by atoms with van der Waals surface area (Å²) < 4.78 is 5.58. The van der Waals surface area contributed by atoms with Gasteiger partial charge in [-0.3, -0.25) is 4.79 Å². The molecule has 0 saturated carbocycles. The Morgan fingerprint density at radius 3 is 2.38 bits per heavy atom. The van der Waals surface area contributed by atoms with Crippen LogP contribution in [0.2, 0.25) is 5.02 Å². The molecule has 2 unspecified atom stereocenters. The van der Waals surface area contributed by atoms with Gasteiger partial charge in [-0.15, -0.1) is 0 Å². The number of carbonyl (C=O) groups excluding carboxylic acids is 1. The van der Waals surface area contributed by atoms with Crippen LogP contribution in [0, 0.1) is 5.92 Å². The number of amides is 1. The first kappa shape index (κ1) is 18.3. The van der Waals surface area contributed by atoms with Crippen molar-refractivity contribution < 1.29 is 9.53 Å². The molecule has 0 heterocycles. The lowest BCUT2D eigenvalue weighted by atomic mass is 9.94. The Hall–Kier alpha value is -2.04. The topological polar surface area (TPSA) is 64.3 Å². The lowest BCUT2D eigenvalue weighted by Gasteiger charge is -2.20. The summed E-state index contributed by atoms with van der Waals surface area (Å²) in [5, 5.41) is 3.31. The van der Waals surface area contributed by atoms with Crippen LogP contribution in [0.1, 0.15) is 32.4 Å². The average molecular weight is 347 g/mol. The zero-order valence-electron chi connectivity index (χ0n) is 14.1. The highest BCUT2D eigenvalue weighted by molar-refractivity contribution is 6.32. The largest absolute Gasteiger partial charge is 0.489 e. The Balaban J connectivity index is 2.05. The van der Waals surface area contributed by atoms with E-state index in [0.717, 1.165) is 5.56 Å². The van der Waals surface area contributed by atoms with Crippen LogP contribution < -0.4 is 15.8 Å². The van der Waals surface area contributed by atoms with Crippen LogP contribution in [0.15, 0.2) is 48.5 Å². The van der Waals surface area contributed by atoms with Gasteiger partial charge in [0.25, 0.3) is 0 Å². The van der Waals surface area contributed by atoms with E-state index in [0.29, 0.717) is 16.5 Å². The highest BCUT2D eigenvalue weighted by Gasteiger charge is 2.22. The lowest BCUT2D eigenvalue weighted by molar-refractivity contribution is -0.120. The number of nitrogens with two attached hydrogens (primary N) is 1. The highest BCUT2D eigenvalue weighted by atomic mass is 35.5. The van der Waals surface area contributed by atoms with Crippen LogP contribution in [0.5, 0.6) is 5.75 Å². The number of anilines is 1. The Morgan fingerprint density at radius 1 is 1.12 bits per heavy atom. The molecular weight excluding hydrogens is 324 g/mol. The van der Waals surface area contributed by atoms with Gasteiger partial charge in [-0.1, -0.05) is 48.9 Å². The van der Waals surface area contributed by atoms with Gasteiger partial charge in [-0.25, -0.2) is 0 Å². The third-order valence-corrected chi connectivity index (χ3v) is 3.99. The molecule has 0 aliphatic heterocycles. The second-order valence-electron chi connectivity index (χ2n) is 6.03. The lowest BCUT2D eigenvalue weighted by Crippen LogP contribution is -2.30. The van der Waals surface area contributed by atoms with E-state index >= 15 is 0 Å². The number of benzene rings is 2. The number of hydrogen-bond donors (Lipinski definition) is 2. The number of ether oxygens (including phenoxy) is 1. The summed E-state index contributed by atoms with van der Waals surface area (Å²) in [6.45, 7) is 5.67. The van der Waals surface area contributed by atoms with Crippen molar-refractivity contribution in [3.63, 3.8) is 0 Å². The van der Waals surface area contributed by atoms with Gasteiger partial charge in [-0.05, 0) is 37.6 Å². The summed E-state index contributed by atoms with van der Waals surface area (Å²) in [5.74, 6) is 0.0661. The zero-order valence-corrected chi connectivity index (χ0v) is 14.9. The van der Waals surface area contributed by atoms with Crippen molar-refractivity contribution in [2.45, 2.75) is 32.9 Å². The van der Waals surface area contributed by atoms with Gasteiger partial charge >= 0.3 is 0 Å². The zero-order chi connectivity index (χ0) is 17.7. The second kappa shape index (κ2) is 8.18. The molecule has 2 aromatic carbocycles. The molecule has 0 aromatic heterocycles.